The van der Waals surface area contributed by atoms with E-state index in [1.165, 1.54) is 6.33 Å². The quantitative estimate of drug-likeness (QED) is 0.465. The minimum Gasteiger partial charge on any atom is -0.386 e. The van der Waals surface area contributed by atoms with Gasteiger partial charge in [-0.2, -0.15) is 0 Å². The summed E-state index contributed by atoms with van der Waals surface area (Å²) in [6, 6.07) is 0. The highest BCUT2D eigenvalue weighted by atomic mass is 31.2. The number of anilines is 1. The maximum atomic E-state index is 11.4. The van der Waals surface area contributed by atoms with E-state index < -0.39 is 38.3 Å². The van der Waals surface area contributed by atoms with Crippen LogP contribution in [0.2, 0.25) is 0 Å². The summed E-state index contributed by atoms with van der Waals surface area (Å²) in [5.41, 5.74) is 10.6. The number of aromatic nitrogens is 2. The number of aliphatic hydroxyl groups excluding tert-OH is 1. The van der Waals surface area contributed by atoms with Crippen LogP contribution in [0.1, 0.15) is 16.7 Å². The van der Waals surface area contributed by atoms with Crippen LogP contribution in [0.25, 0.3) is 0 Å². The van der Waals surface area contributed by atoms with Crippen LogP contribution in [0.3, 0.4) is 0 Å². The highest BCUT2D eigenvalue weighted by Crippen LogP contribution is 2.52. The maximum absolute atomic E-state index is 11.4. The average Bonchev–Trinajstić information content (AvgIpc) is 2.90. The van der Waals surface area contributed by atoms with Crippen LogP contribution in [-0.2, 0) is 18.3 Å². The smallest absolute Gasteiger partial charge is 0.386 e. The minimum atomic E-state index is -4.22. The molecule has 2 aliphatic rings. The molecule has 2 aliphatic heterocycles. The monoisotopic (exact) mass is 320 g/mol. The fourth-order valence-corrected chi connectivity index (χ4v) is 3.35. The number of imidazole rings is 1. The Bertz CT molecular complexity index is 634. The molecule has 1 aromatic heterocycles. The molecule has 0 radical (unpaired) electrons. The third-order valence-corrected chi connectivity index (χ3v) is 4.28. The molecule has 0 aliphatic carbocycles. The molecule has 3 heterocycles. The van der Waals surface area contributed by atoms with Crippen molar-refractivity contribution in [2.24, 2.45) is 5.73 Å². The minimum absolute atomic E-state index is 0.113. The van der Waals surface area contributed by atoms with E-state index in [0.717, 1.165) is 4.57 Å². The van der Waals surface area contributed by atoms with Gasteiger partial charge in [-0.25, -0.2) is 9.55 Å². The van der Waals surface area contributed by atoms with E-state index in [0.29, 0.717) is 0 Å². The summed E-state index contributed by atoms with van der Waals surface area (Å²) in [7, 11) is -4.22. The zero-order valence-corrected chi connectivity index (χ0v) is 11.4. The molecule has 2 saturated heterocycles. The fraction of sp³-hybridized carbons (Fsp3) is 0.556. The van der Waals surface area contributed by atoms with Gasteiger partial charge in [-0.1, -0.05) is 0 Å². The summed E-state index contributed by atoms with van der Waals surface area (Å²) in [6.07, 6.45) is -3.09. The van der Waals surface area contributed by atoms with Gasteiger partial charge in [-0.05, 0) is 0 Å². The van der Waals surface area contributed by atoms with E-state index in [1.54, 1.807) is 0 Å². The molecular weight excluding hydrogens is 307 g/mol. The van der Waals surface area contributed by atoms with Gasteiger partial charge in [0.25, 0.3) is 5.91 Å². The van der Waals surface area contributed by atoms with Gasteiger partial charge in [0.15, 0.2) is 17.7 Å². The van der Waals surface area contributed by atoms with Gasteiger partial charge in [-0.15, -0.1) is 0 Å². The fourth-order valence-electron chi connectivity index (χ4n) is 2.39. The van der Waals surface area contributed by atoms with Gasteiger partial charge in [0.1, 0.15) is 18.3 Å². The van der Waals surface area contributed by atoms with Crippen molar-refractivity contribution < 1.29 is 33.1 Å². The number of rotatable bonds is 2. The Morgan fingerprint density at radius 1 is 1.57 bits per heavy atom. The Morgan fingerprint density at radius 3 is 2.95 bits per heavy atom. The van der Waals surface area contributed by atoms with Crippen molar-refractivity contribution in [3.8, 4) is 0 Å². The Balaban J connectivity index is 1.92. The van der Waals surface area contributed by atoms with Gasteiger partial charge >= 0.3 is 7.82 Å². The van der Waals surface area contributed by atoms with Gasteiger partial charge in [-0.3, -0.25) is 18.4 Å². The van der Waals surface area contributed by atoms with Gasteiger partial charge in [0.2, 0.25) is 0 Å². The predicted molar refractivity (Wildman–Crippen MR) is 65.7 cm³/mol. The number of primary amides is 1. The van der Waals surface area contributed by atoms with Gasteiger partial charge < -0.3 is 26.2 Å². The molecule has 0 aromatic carbocycles. The molecule has 6 N–H and O–H groups in total. The number of nitrogen functional groups attached to an aromatic ring is 1. The maximum Gasteiger partial charge on any atom is 0.472 e. The molecule has 1 amide bonds. The normalized spacial score (nSPS) is 39.1. The number of phosphoric acid groups is 1. The zero-order chi connectivity index (χ0) is 15.4. The lowest BCUT2D eigenvalue weighted by Gasteiger charge is -2.27. The van der Waals surface area contributed by atoms with Crippen LogP contribution in [0.4, 0.5) is 5.82 Å². The van der Waals surface area contributed by atoms with Crippen molar-refractivity contribution in [1.29, 1.82) is 0 Å². The Hall–Kier alpha value is -1.49. The first kappa shape index (κ1) is 14.4. The summed E-state index contributed by atoms with van der Waals surface area (Å²) in [5, 5.41) is 10.2. The number of phosphoric ester groups is 1. The number of carbonyl (C=O) groups is 1. The lowest BCUT2D eigenvalue weighted by atomic mass is 10.1. The molecule has 2 fully saturated rings. The number of amides is 1. The van der Waals surface area contributed by atoms with E-state index >= 15 is 0 Å². The van der Waals surface area contributed by atoms with Crippen molar-refractivity contribution in [2.75, 3.05) is 12.3 Å². The van der Waals surface area contributed by atoms with Crippen LogP contribution in [0.15, 0.2) is 6.33 Å². The first-order chi connectivity index (χ1) is 9.80. The van der Waals surface area contributed by atoms with Crippen molar-refractivity contribution in [3.63, 3.8) is 0 Å². The lowest BCUT2D eigenvalue weighted by molar-refractivity contribution is -0.0676. The lowest BCUT2D eigenvalue weighted by Crippen LogP contribution is -2.39. The van der Waals surface area contributed by atoms with Crippen molar-refractivity contribution in [2.45, 2.75) is 24.5 Å². The first-order valence-corrected chi connectivity index (χ1v) is 7.41. The summed E-state index contributed by atoms with van der Waals surface area (Å²) >= 11 is 0. The largest absolute Gasteiger partial charge is 0.472 e. The zero-order valence-electron chi connectivity index (χ0n) is 10.5. The second-order valence-electron chi connectivity index (χ2n) is 4.64. The molecule has 1 aromatic rings. The number of hydrogen-bond acceptors (Lipinski definition) is 8. The number of nitrogens with two attached hydrogens (primary N) is 2. The second-order valence-corrected chi connectivity index (χ2v) is 6.05. The van der Waals surface area contributed by atoms with Crippen molar-refractivity contribution in [1.82, 2.24) is 9.55 Å². The molecular formula is C9H13N4O7P. The van der Waals surface area contributed by atoms with Crippen molar-refractivity contribution >= 4 is 19.5 Å². The van der Waals surface area contributed by atoms with Crippen LogP contribution in [-0.4, -0.2) is 50.4 Å². The summed E-state index contributed by atoms with van der Waals surface area (Å²) < 4.78 is 27.4. The van der Waals surface area contributed by atoms with Crippen LogP contribution in [0, 0.1) is 0 Å². The number of nitrogens with zero attached hydrogens (tertiary/aromatic N) is 2. The topological polar surface area (TPSA) is 172 Å². The summed E-state index contributed by atoms with van der Waals surface area (Å²) in [5.74, 6) is -0.959. The Kier molecular flexibility index (Phi) is 3.28. The van der Waals surface area contributed by atoms with Crippen LogP contribution >= 0.6 is 7.82 Å². The molecule has 5 atom stereocenters. The van der Waals surface area contributed by atoms with Crippen LogP contribution in [0.5, 0.6) is 0 Å². The van der Waals surface area contributed by atoms with Crippen molar-refractivity contribution in [3.05, 3.63) is 12.0 Å². The molecule has 1 unspecified atom stereocenters. The van der Waals surface area contributed by atoms with E-state index in [4.69, 9.17) is 20.7 Å². The number of hydrogen-bond donors (Lipinski definition) is 4. The number of aliphatic hydroxyl groups is 1. The third-order valence-electron chi connectivity index (χ3n) is 3.30. The Labute approximate surface area is 118 Å². The van der Waals surface area contributed by atoms with E-state index in [2.05, 4.69) is 9.51 Å². The van der Waals surface area contributed by atoms with Gasteiger partial charge in [0, 0.05) is 0 Å². The molecule has 21 heavy (non-hydrogen) atoms. The highest BCUT2D eigenvalue weighted by molar-refractivity contribution is 7.47. The SMILES string of the molecule is NC(=O)c1c(N)ncn1[C@@H]1O[C@@H]2COP(=O)(O)O[C@H]2[C@H]1O. The molecule has 3 rings (SSSR count). The Morgan fingerprint density at radius 2 is 2.29 bits per heavy atom. The first-order valence-electron chi connectivity index (χ1n) is 5.91. The van der Waals surface area contributed by atoms with Crippen LogP contribution < -0.4 is 11.5 Å². The average molecular weight is 320 g/mol. The molecule has 0 bridgehead atoms. The van der Waals surface area contributed by atoms with E-state index in [1.807, 2.05) is 0 Å². The summed E-state index contributed by atoms with van der Waals surface area (Å²) in [6.45, 7) is -0.234. The second kappa shape index (κ2) is 4.77. The molecule has 0 spiro atoms. The third kappa shape index (κ3) is 2.33. The highest BCUT2D eigenvalue weighted by Gasteiger charge is 2.52. The molecule has 116 valence electrons. The van der Waals surface area contributed by atoms with E-state index in [9.17, 15) is 19.4 Å². The number of ether oxygens (including phenoxy) is 1. The standard InChI is InChI=1S/C9H13N4O7P/c10-7-4(8(11)15)13(2-12-7)9-5(14)6-3(19-9)1-18-21(16,17)20-6/h2-3,5-6,9,14H,1,10H2,(H2,11,15)(H,16,17)/t3-,5-,6-,9-/m1/s1. The molecule has 0 saturated carbocycles. The molecule has 11 nitrogen and oxygen atoms in total. The molecule has 12 heteroatoms. The number of fused-ring (bicyclic) bond motifs is 1. The van der Waals surface area contributed by atoms with E-state index in [-0.39, 0.29) is 18.1 Å². The summed E-state index contributed by atoms with van der Waals surface area (Å²) in [4.78, 5) is 24.4. The van der Waals surface area contributed by atoms with Gasteiger partial charge in [0.05, 0.1) is 12.9 Å². The number of carbonyl (C=O) groups excluding carboxylic acids is 1. The predicted octanol–water partition coefficient (Wildman–Crippen LogP) is -1.66.